The van der Waals surface area contributed by atoms with Gasteiger partial charge >= 0.3 is 18.1 Å². The van der Waals surface area contributed by atoms with Crippen molar-refractivity contribution in [3.63, 3.8) is 0 Å². The molecule has 21 heavy (non-hydrogen) atoms. The van der Waals surface area contributed by atoms with E-state index in [0.29, 0.717) is 4.90 Å². The summed E-state index contributed by atoms with van der Waals surface area (Å²) in [5, 5.41) is 8.99. The number of aliphatic carboxylic acids is 1. The van der Waals surface area contributed by atoms with Crippen LogP contribution in [0.3, 0.4) is 0 Å². The van der Waals surface area contributed by atoms with Crippen LogP contribution < -0.4 is 0 Å². The lowest BCUT2D eigenvalue weighted by Gasteiger charge is -2.29. The van der Waals surface area contributed by atoms with Gasteiger partial charge in [0.15, 0.2) is 0 Å². The number of carbonyl (C=O) groups excluding carboxylic acids is 1. The third kappa shape index (κ3) is 2.98. The molecule has 0 saturated carbocycles. The molecular weight excluding hydrogens is 294 g/mol. The third-order valence-corrected chi connectivity index (χ3v) is 3.40. The number of alkyl halides is 3. The Hall–Kier alpha value is -2.12. The van der Waals surface area contributed by atoms with Crippen molar-refractivity contribution in [3.05, 3.63) is 35.6 Å². The molecule has 8 heteroatoms. The number of benzene rings is 1. The van der Waals surface area contributed by atoms with Crippen molar-refractivity contribution in [3.8, 4) is 0 Å². The number of likely N-dealkylation sites (tertiary alicyclic amines) is 1. The number of rotatable bonds is 2. The van der Waals surface area contributed by atoms with Gasteiger partial charge in [0.2, 0.25) is 0 Å². The van der Waals surface area contributed by atoms with Crippen molar-refractivity contribution >= 4 is 11.9 Å². The fraction of sp³-hybridized carbons (Fsp3) is 0.385. The third-order valence-electron chi connectivity index (χ3n) is 3.40. The summed E-state index contributed by atoms with van der Waals surface area (Å²) in [5.74, 6) is -4.25. The van der Waals surface area contributed by atoms with Crippen molar-refractivity contribution in [2.24, 2.45) is 0 Å². The van der Waals surface area contributed by atoms with Gasteiger partial charge in [-0.25, -0.2) is 9.18 Å². The molecule has 0 radical (unpaired) electrons. The first-order valence-corrected chi connectivity index (χ1v) is 6.09. The first kappa shape index (κ1) is 15.3. The molecule has 0 unspecified atom stereocenters. The van der Waals surface area contributed by atoms with Gasteiger partial charge in [-0.1, -0.05) is 12.1 Å². The molecule has 1 heterocycles. The molecule has 2 atom stereocenters. The van der Waals surface area contributed by atoms with E-state index >= 15 is 0 Å². The fourth-order valence-corrected chi connectivity index (χ4v) is 2.50. The van der Waals surface area contributed by atoms with E-state index in [-0.39, 0.29) is 18.4 Å². The Morgan fingerprint density at radius 2 is 1.71 bits per heavy atom. The predicted octanol–water partition coefficient (Wildman–Crippen LogP) is 2.50. The lowest BCUT2D eigenvalue weighted by Crippen LogP contribution is -2.47. The molecule has 0 aromatic heterocycles. The highest BCUT2D eigenvalue weighted by molar-refractivity contribution is 5.88. The SMILES string of the molecule is O=C(O)[C@H]1CC[C@H](c2ccc(F)cc2)N1C(=O)C(F)(F)F. The molecule has 1 aliphatic heterocycles. The second-order valence-corrected chi connectivity index (χ2v) is 4.71. The normalized spacial score (nSPS) is 22.4. The summed E-state index contributed by atoms with van der Waals surface area (Å²) >= 11 is 0. The minimum Gasteiger partial charge on any atom is -0.480 e. The molecule has 1 fully saturated rings. The number of hydrogen-bond acceptors (Lipinski definition) is 2. The van der Waals surface area contributed by atoms with Gasteiger partial charge in [0.25, 0.3) is 0 Å². The molecule has 1 saturated heterocycles. The second kappa shape index (κ2) is 5.34. The Labute approximate surface area is 117 Å². The van der Waals surface area contributed by atoms with Gasteiger partial charge in [-0.2, -0.15) is 13.2 Å². The topological polar surface area (TPSA) is 57.6 Å². The van der Waals surface area contributed by atoms with E-state index in [2.05, 4.69) is 0 Å². The van der Waals surface area contributed by atoms with Crippen LogP contribution in [0.2, 0.25) is 0 Å². The van der Waals surface area contributed by atoms with Crippen molar-refractivity contribution < 1.29 is 32.3 Å². The van der Waals surface area contributed by atoms with E-state index in [1.54, 1.807) is 0 Å². The minimum absolute atomic E-state index is 0.0738. The molecule has 0 spiro atoms. The smallest absolute Gasteiger partial charge is 0.471 e. The number of halogens is 4. The van der Waals surface area contributed by atoms with Crippen molar-refractivity contribution in [2.45, 2.75) is 31.1 Å². The molecule has 1 aromatic rings. The summed E-state index contributed by atoms with van der Waals surface area (Å²) in [6.45, 7) is 0. The molecule has 1 aromatic carbocycles. The summed E-state index contributed by atoms with van der Waals surface area (Å²) in [5.41, 5.74) is 0.276. The van der Waals surface area contributed by atoms with Gasteiger partial charge in [0.1, 0.15) is 11.9 Å². The predicted molar refractivity (Wildman–Crippen MR) is 62.7 cm³/mol. The quantitative estimate of drug-likeness (QED) is 0.854. The molecule has 1 amide bonds. The lowest BCUT2D eigenvalue weighted by atomic mass is 10.0. The van der Waals surface area contributed by atoms with Gasteiger partial charge in [-0.15, -0.1) is 0 Å². The Morgan fingerprint density at radius 1 is 1.14 bits per heavy atom. The number of carboxylic acids is 1. The number of carboxylic acid groups (broad SMARTS) is 1. The summed E-state index contributed by atoms with van der Waals surface area (Å²) in [6.07, 6.45) is -5.17. The maximum atomic E-state index is 12.9. The monoisotopic (exact) mass is 305 g/mol. The highest BCUT2D eigenvalue weighted by Gasteiger charge is 2.51. The summed E-state index contributed by atoms with van der Waals surface area (Å²) in [7, 11) is 0. The van der Waals surface area contributed by atoms with E-state index in [1.807, 2.05) is 0 Å². The number of nitrogens with zero attached hydrogens (tertiary/aromatic N) is 1. The van der Waals surface area contributed by atoms with Gasteiger partial charge < -0.3 is 10.0 Å². The van der Waals surface area contributed by atoms with Crippen LogP contribution in [-0.4, -0.2) is 34.1 Å². The zero-order valence-corrected chi connectivity index (χ0v) is 10.6. The maximum absolute atomic E-state index is 12.9. The largest absolute Gasteiger partial charge is 0.480 e. The van der Waals surface area contributed by atoms with Gasteiger partial charge in [-0.3, -0.25) is 4.79 Å². The summed E-state index contributed by atoms with van der Waals surface area (Å²) in [4.78, 5) is 22.9. The summed E-state index contributed by atoms with van der Waals surface area (Å²) < 4.78 is 50.8. The van der Waals surface area contributed by atoms with Crippen LogP contribution >= 0.6 is 0 Å². The molecule has 1 N–H and O–H groups in total. The van der Waals surface area contributed by atoms with Crippen LogP contribution in [0.1, 0.15) is 24.4 Å². The maximum Gasteiger partial charge on any atom is 0.471 e. The Morgan fingerprint density at radius 3 is 2.19 bits per heavy atom. The van der Waals surface area contributed by atoms with Crippen LogP contribution in [0.15, 0.2) is 24.3 Å². The Kier molecular flexibility index (Phi) is 3.89. The highest BCUT2D eigenvalue weighted by atomic mass is 19.4. The van der Waals surface area contributed by atoms with Crippen molar-refractivity contribution in [1.82, 2.24) is 4.90 Å². The standard InChI is InChI=1S/C13H11F4NO3/c14-8-3-1-7(2-4-8)9-5-6-10(11(19)20)18(9)12(21)13(15,16)17/h1-4,9-10H,5-6H2,(H,19,20)/t9-,10-/m1/s1. The average molecular weight is 305 g/mol. The lowest BCUT2D eigenvalue weighted by molar-refractivity contribution is -0.190. The molecule has 1 aliphatic rings. The van der Waals surface area contributed by atoms with Crippen LogP contribution in [0.25, 0.3) is 0 Å². The molecule has 0 bridgehead atoms. The highest BCUT2D eigenvalue weighted by Crippen LogP contribution is 2.39. The van der Waals surface area contributed by atoms with Gasteiger partial charge in [-0.05, 0) is 30.5 Å². The van der Waals surface area contributed by atoms with Gasteiger partial charge in [0.05, 0.1) is 6.04 Å². The van der Waals surface area contributed by atoms with Crippen LogP contribution in [0, 0.1) is 5.82 Å². The number of hydrogen-bond donors (Lipinski definition) is 1. The second-order valence-electron chi connectivity index (χ2n) is 4.71. The van der Waals surface area contributed by atoms with E-state index in [1.165, 1.54) is 12.1 Å². The first-order chi connectivity index (χ1) is 9.71. The van der Waals surface area contributed by atoms with E-state index < -0.39 is 36.0 Å². The molecule has 2 rings (SSSR count). The molecule has 114 valence electrons. The van der Waals surface area contributed by atoms with E-state index in [0.717, 1.165) is 12.1 Å². The summed E-state index contributed by atoms with van der Waals surface area (Å²) in [6, 6.07) is 2.05. The first-order valence-electron chi connectivity index (χ1n) is 6.09. The van der Waals surface area contributed by atoms with Crippen LogP contribution in [-0.2, 0) is 9.59 Å². The average Bonchev–Trinajstić information content (AvgIpc) is 2.82. The number of amides is 1. The van der Waals surface area contributed by atoms with E-state index in [9.17, 15) is 27.2 Å². The molecule has 0 aliphatic carbocycles. The van der Waals surface area contributed by atoms with Crippen LogP contribution in [0.4, 0.5) is 17.6 Å². The minimum atomic E-state index is -5.16. The number of carbonyl (C=O) groups is 2. The zero-order valence-electron chi connectivity index (χ0n) is 10.6. The van der Waals surface area contributed by atoms with E-state index in [4.69, 9.17) is 5.11 Å². The van der Waals surface area contributed by atoms with Crippen molar-refractivity contribution in [2.75, 3.05) is 0 Å². The molecule has 4 nitrogen and oxygen atoms in total. The Bertz CT molecular complexity index is 556. The zero-order chi connectivity index (χ0) is 15.8. The van der Waals surface area contributed by atoms with Crippen LogP contribution in [0.5, 0.6) is 0 Å². The molecular formula is C13H11F4NO3. The fourth-order valence-electron chi connectivity index (χ4n) is 2.50. The van der Waals surface area contributed by atoms with Crippen molar-refractivity contribution in [1.29, 1.82) is 0 Å². The van der Waals surface area contributed by atoms with Gasteiger partial charge in [0, 0.05) is 0 Å². The Balaban J connectivity index is 2.38.